The Balaban J connectivity index is 2.52. The molecule has 2 rings (SSSR count). The van der Waals surface area contributed by atoms with E-state index >= 15 is 0 Å². The lowest BCUT2D eigenvalue weighted by atomic mass is 10.1. The summed E-state index contributed by atoms with van der Waals surface area (Å²) in [6.45, 7) is 1.81. The minimum absolute atomic E-state index is 0.686. The van der Waals surface area contributed by atoms with E-state index in [1.54, 1.807) is 0 Å². The lowest BCUT2D eigenvalue weighted by molar-refractivity contribution is 0.400. The van der Waals surface area contributed by atoms with Crippen LogP contribution in [0.25, 0.3) is 11.3 Å². The first-order chi connectivity index (χ1) is 6.83. The standard InChI is InChI=1S/C10H11N3O/c1-7-9(12-11)10(13-14-7)8-5-3-2-4-6-8/h2-6,12H,11H2,1H3. The molecule has 0 atom stereocenters. The Hall–Kier alpha value is -1.81. The highest BCUT2D eigenvalue weighted by atomic mass is 16.5. The molecule has 72 valence electrons. The van der Waals surface area contributed by atoms with E-state index in [1.165, 1.54) is 0 Å². The first-order valence-corrected chi connectivity index (χ1v) is 4.31. The number of nitrogens with one attached hydrogen (secondary N) is 1. The molecule has 4 nitrogen and oxygen atoms in total. The van der Waals surface area contributed by atoms with Gasteiger partial charge in [-0.2, -0.15) is 0 Å². The highest BCUT2D eigenvalue weighted by Gasteiger charge is 2.12. The molecule has 0 fully saturated rings. The van der Waals surface area contributed by atoms with Gasteiger partial charge in [0.2, 0.25) is 0 Å². The smallest absolute Gasteiger partial charge is 0.158 e. The van der Waals surface area contributed by atoms with Gasteiger partial charge in [0.1, 0.15) is 11.4 Å². The zero-order chi connectivity index (χ0) is 9.97. The third-order valence-corrected chi connectivity index (χ3v) is 2.05. The molecule has 1 aromatic heterocycles. The summed E-state index contributed by atoms with van der Waals surface area (Å²) in [5, 5.41) is 3.94. The SMILES string of the molecule is Cc1onc(-c2ccccc2)c1NN. The number of hydrogen-bond acceptors (Lipinski definition) is 4. The Labute approximate surface area is 81.7 Å². The van der Waals surface area contributed by atoms with E-state index in [0.717, 1.165) is 16.9 Å². The summed E-state index contributed by atoms with van der Waals surface area (Å²) >= 11 is 0. The van der Waals surface area contributed by atoms with Crippen molar-refractivity contribution in [3.63, 3.8) is 0 Å². The molecule has 0 unspecified atom stereocenters. The largest absolute Gasteiger partial charge is 0.359 e. The maximum Gasteiger partial charge on any atom is 0.158 e. The number of rotatable bonds is 2. The average Bonchev–Trinajstić information content (AvgIpc) is 2.61. The molecule has 1 aromatic carbocycles. The van der Waals surface area contributed by atoms with Gasteiger partial charge in [0.25, 0.3) is 0 Å². The van der Waals surface area contributed by atoms with E-state index in [-0.39, 0.29) is 0 Å². The molecule has 0 aliphatic rings. The number of hydrogen-bond donors (Lipinski definition) is 2. The molecule has 0 saturated heterocycles. The van der Waals surface area contributed by atoms with Gasteiger partial charge in [-0.1, -0.05) is 35.5 Å². The normalized spacial score (nSPS) is 10.1. The van der Waals surface area contributed by atoms with Gasteiger partial charge >= 0.3 is 0 Å². The van der Waals surface area contributed by atoms with E-state index < -0.39 is 0 Å². The van der Waals surface area contributed by atoms with E-state index in [1.807, 2.05) is 37.3 Å². The number of anilines is 1. The Morgan fingerprint density at radius 2 is 2.00 bits per heavy atom. The van der Waals surface area contributed by atoms with Crippen molar-refractivity contribution in [3.05, 3.63) is 36.1 Å². The van der Waals surface area contributed by atoms with Crippen LogP contribution >= 0.6 is 0 Å². The Bertz CT molecular complexity index is 422. The molecular formula is C10H11N3O. The minimum Gasteiger partial charge on any atom is -0.359 e. The lowest BCUT2D eigenvalue weighted by Crippen LogP contribution is -2.07. The molecular weight excluding hydrogens is 178 g/mol. The van der Waals surface area contributed by atoms with Crippen molar-refractivity contribution >= 4 is 5.69 Å². The number of nitrogens with zero attached hydrogens (tertiary/aromatic N) is 1. The number of aryl methyl sites for hydroxylation is 1. The van der Waals surface area contributed by atoms with Crippen LogP contribution < -0.4 is 11.3 Å². The number of nitrogen functional groups attached to an aromatic ring is 1. The molecule has 0 radical (unpaired) electrons. The van der Waals surface area contributed by atoms with Crippen molar-refractivity contribution < 1.29 is 4.52 Å². The highest BCUT2D eigenvalue weighted by molar-refractivity contribution is 5.74. The molecule has 0 aliphatic heterocycles. The van der Waals surface area contributed by atoms with Crippen LogP contribution in [0.5, 0.6) is 0 Å². The van der Waals surface area contributed by atoms with Crippen molar-refractivity contribution in [2.75, 3.05) is 5.43 Å². The molecule has 3 N–H and O–H groups in total. The second-order valence-electron chi connectivity index (χ2n) is 2.97. The lowest BCUT2D eigenvalue weighted by Gasteiger charge is -1.99. The predicted octanol–water partition coefficient (Wildman–Crippen LogP) is 1.94. The molecule has 0 bridgehead atoms. The topological polar surface area (TPSA) is 64.1 Å². The van der Waals surface area contributed by atoms with Gasteiger partial charge in [0.05, 0.1) is 0 Å². The second kappa shape index (κ2) is 3.51. The second-order valence-corrected chi connectivity index (χ2v) is 2.97. The highest BCUT2D eigenvalue weighted by Crippen LogP contribution is 2.28. The molecule has 0 aliphatic carbocycles. The van der Waals surface area contributed by atoms with Crippen LogP contribution in [0.3, 0.4) is 0 Å². The van der Waals surface area contributed by atoms with Crippen LogP contribution in [0.2, 0.25) is 0 Å². The van der Waals surface area contributed by atoms with Gasteiger partial charge in [0.15, 0.2) is 5.76 Å². The van der Waals surface area contributed by atoms with Gasteiger partial charge in [0, 0.05) is 5.56 Å². The van der Waals surface area contributed by atoms with Crippen LogP contribution in [0.1, 0.15) is 5.76 Å². The van der Waals surface area contributed by atoms with Crippen LogP contribution in [0, 0.1) is 6.92 Å². The fourth-order valence-electron chi connectivity index (χ4n) is 1.34. The van der Waals surface area contributed by atoms with E-state index in [4.69, 9.17) is 10.4 Å². The molecule has 0 saturated carbocycles. The summed E-state index contributed by atoms with van der Waals surface area (Å²) in [4.78, 5) is 0. The Morgan fingerprint density at radius 3 is 2.64 bits per heavy atom. The van der Waals surface area contributed by atoms with Crippen molar-refractivity contribution in [2.24, 2.45) is 5.84 Å². The first-order valence-electron chi connectivity index (χ1n) is 4.31. The molecule has 1 heterocycles. The Kier molecular flexibility index (Phi) is 2.20. The number of hydrazine groups is 1. The van der Waals surface area contributed by atoms with Crippen molar-refractivity contribution in [2.45, 2.75) is 6.92 Å². The summed E-state index contributed by atoms with van der Waals surface area (Å²) in [5.74, 6) is 6.07. The Morgan fingerprint density at radius 1 is 1.29 bits per heavy atom. The maximum absolute atomic E-state index is 5.38. The molecule has 0 amide bonds. The van der Waals surface area contributed by atoms with Gasteiger partial charge in [-0.15, -0.1) is 0 Å². The zero-order valence-corrected chi connectivity index (χ0v) is 7.82. The van der Waals surface area contributed by atoms with E-state index in [0.29, 0.717) is 5.76 Å². The monoisotopic (exact) mass is 189 g/mol. The summed E-state index contributed by atoms with van der Waals surface area (Å²) < 4.78 is 5.05. The average molecular weight is 189 g/mol. The third-order valence-electron chi connectivity index (χ3n) is 2.05. The number of nitrogens with two attached hydrogens (primary N) is 1. The fourth-order valence-corrected chi connectivity index (χ4v) is 1.34. The van der Waals surface area contributed by atoms with Gasteiger partial charge in [-0.25, -0.2) is 0 Å². The first kappa shape index (κ1) is 8.77. The summed E-state index contributed by atoms with van der Waals surface area (Å²) in [7, 11) is 0. The van der Waals surface area contributed by atoms with Gasteiger partial charge in [-0.3, -0.25) is 5.84 Å². The third kappa shape index (κ3) is 1.36. The van der Waals surface area contributed by atoms with Crippen LogP contribution in [-0.4, -0.2) is 5.16 Å². The molecule has 14 heavy (non-hydrogen) atoms. The van der Waals surface area contributed by atoms with Crippen molar-refractivity contribution in [3.8, 4) is 11.3 Å². The summed E-state index contributed by atoms with van der Waals surface area (Å²) in [6.07, 6.45) is 0. The van der Waals surface area contributed by atoms with E-state index in [9.17, 15) is 0 Å². The summed E-state index contributed by atoms with van der Waals surface area (Å²) in [6, 6.07) is 9.75. The van der Waals surface area contributed by atoms with Crippen molar-refractivity contribution in [1.82, 2.24) is 5.16 Å². The van der Waals surface area contributed by atoms with Crippen LogP contribution in [0.15, 0.2) is 34.9 Å². The molecule has 0 spiro atoms. The predicted molar refractivity (Wildman–Crippen MR) is 54.5 cm³/mol. The van der Waals surface area contributed by atoms with Gasteiger partial charge in [-0.05, 0) is 6.92 Å². The zero-order valence-electron chi connectivity index (χ0n) is 7.82. The maximum atomic E-state index is 5.38. The van der Waals surface area contributed by atoms with Crippen LogP contribution in [-0.2, 0) is 0 Å². The molecule has 4 heteroatoms. The fraction of sp³-hybridized carbons (Fsp3) is 0.100. The van der Waals surface area contributed by atoms with Gasteiger partial charge < -0.3 is 9.95 Å². The van der Waals surface area contributed by atoms with E-state index in [2.05, 4.69) is 10.6 Å². The summed E-state index contributed by atoms with van der Waals surface area (Å²) in [5.41, 5.74) is 5.04. The molecule has 2 aromatic rings. The van der Waals surface area contributed by atoms with Crippen molar-refractivity contribution in [1.29, 1.82) is 0 Å². The van der Waals surface area contributed by atoms with Crippen LogP contribution in [0.4, 0.5) is 5.69 Å². The quantitative estimate of drug-likeness (QED) is 0.559. The number of aromatic nitrogens is 1. The minimum atomic E-state index is 0.686. The number of benzene rings is 1.